The number of carbonyl (C=O) groups is 2. The highest BCUT2D eigenvalue weighted by molar-refractivity contribution is 7.85. The molecule has 1 N–H and O–H groups in total. The summed E-state index contributed by atoms with van der Waals surface area (Å²) in [6.07, 6.45) is 1.97. The molecule has 38 heavy (non-hydrogen) atoms. The van der Waals surface area contributed by atoms with Crippen LogP contribution in [-0.2, 0) is 29.2 Å². The number of ether oxygens (including phenoxy) is 4. The van der Waals surface area contributed by atoms with Gasteiger partial charge in [0.1, 0.15) is 36.9 Å². The zero-order valence-electron chi connectivity index (χ0n) is 21.2. The molecule has 202 valence electrons. The summed E-state index contributed by atoms with van der Waals surface area (Å²) in [6, 6.07) is 11.3. The second kappa shape index (κ2) is 12.6. The Kier molecular flexibility index (Phi) is 9.49. The van der Waals surface area contributed by atoms with Crippen molar-refractivity contribution in [1.29, 1.82) is 0 Å². The number of esters is 2. The SMILES string of the molecule is C=CC(=O)OC(CC)COc1c2ccccc2c(OCC(CC)OC(=O)C=C)c2cc(S(=O)(=O)O)ccc12. The molecule has 0 spiro atoms. The Bertz CT molecular complexity index is 1460. The fraction of sp³-hybridized carbons (Fsp3) is 0.286. The average Bonchev–Trinajstić information content (AvgIpc) is 2.91. The van der Waals surface area contributed by atoms with E-state index in [4.69, 9.17) is 18.9 Å². The van der Waals surface area contributed by atoms with E-state index in [9.17, 15) is 22.6 Å². The summed E-state index contributed by atoms with van der Waals surface area (Å²) >= 11 is 0. The normalized spacial score (nSPS) is 12.9. The molecule has 0 heterocycles. The van der Waals surface area contributed by atoms with Gasteiger partial charge in [0.2, 0.25) is 0 Å². The molecule has 3 aromatic rings. The smallest absolute Gasteiger partial charge is 0.330 e. The first-order valence-electron chi connectivity index (χ1n) is 12.0. The van der Waals surface area contributed by atoms with Crippen LogP contribution in [0.4, 0.5) is 0 Å². The van der Waals surface area contributed by atoms with Crippen molar-refractivity contribution in [2.24, 2.45) is 0 Å². The summed E-state index contributed by atoms with van der Waals surface area (Å²) in [5, 5.41) is 2.13. The van der Waals surface area contributed by atoms with E-state index in [1.54, 1.807) is 12.1 Å². The van der Waals surface area contributed by atoms with Gasteiger partial charge in [-0.2, -0.15) is 8.42 Å². The number of fused-ring (bicyclic) bond motifs is 2. The first kappa shape index (κ1) is 28.7. The van der Waals surface area contributed by atoms with Crippen molar-refractivity contribution in [2.75, 3.05) is 13.2 Å². The van der Waals surface area contributed by atoms with Crippen molar-refractivity contribution in [2.45, 2.75) is 43.8 Å². The molecule has 3 rings (SSSR count). The van der Waals surface area contributed by atoms with E-state index in [2.05, 4.69) is 13.2 Å². The third kappa shape index (κ3) is 6.70. The first-order valence-corrected chi connectivity index (χ1v) is 13.4. The van der Waals surface area contributed by atoms with Crippen LogP contribution in [0.5, 0.6) is 11.5 Å². The van der Waals surface area contributed by atoms with Crippen LogP contribution in [0, 0.1) is 0 Å². The molecule has 0 radical (unpaired) electrons. The molecule has 0 bridgehead atoms. The molecule has 2 atom stereocenters. The van der Waals surface area contributed by atoms with Crippen LogP contribution in [0.2, 0.25) is 0 Å². The fourth-order valence-corrected chi connectivity index (χ4v) is 4.30. The Morgan fingerprint density at radius 2 is 1.26 bits per heavy atom. The predicted molar refractivity (Wildman–Crippen MR) is 143 cm³/mol. The largest absolute Gasteiger partial charge is 0.488 e. The van der Waals surface area contributed by atoms with Crippen LogP contribution in [0.3, 0.4) is 0 Å². The number of hydrogen-bond donors (Lipinski definition) is 1. The molecule has 0 fully saturated rings. The van der Waals surface area contributed by atoms with Gasteiger partial charge in [-0.15, -0.1) is 0 Å². The number of rotatable bonds is 13. The van der Waals surface area contributed by atoms with Crippen molar-refractivity contribution in [3.05, 3.63) is 67.8 Å². The third-order valence-corrected chi connectivity index (χ3v) is 6.68. The Hall–Kier alpha value is -3.89. The second-order valence-electron chi connectivity index (χ2n) is 8.35. The van der Waals surface area contributed by atoms with E-state index in [1.807, 2.05) is 26.0 Å². The maximum absolute atomic E-state index is 11.9. The predicted octanol–water partition coefficient (Wildman–Crippen LogP) is 5.01. The van der Waals surface area contributed by atoms with Crippen LogP contribution in [0.25, 0.3) is 21.5 Å². The topological polar surface area (TPSA) is 125 Å². The van der Waals surface area contributed by atoms with E-state index in [0.29, 0.717) is 45.9 Å². The van der Waals surface area contributed by atoms with Crippen molar-refractivity contribution in [3.8, 4) is 11.5 Å². The highest BCUT2D eigenvalue weighted by Crippen LogP contribution is 2.43. The zero-order chi connectivity index (χ0) is 27.9. The van der Waals surface area contributed by atoms with Gasteiger partial charge in [-0.1, -0.05) is 51.3 Å². The quantitative estimate of drug-likeness (QED) is 0.137. The van der Waals surface area contributed by atoms with Crippen molar-refractivity contribution in [1.82, 2.24) is 0 Å². The maximum Gasteiger partial charge on any atom is 0.330 e. The van der Waals surface area contributed by atoms with Gasteiger partial charge in [0.25, 0.3) is 10.1 Å². The van der Waals surface area contributed by atoms with Gasteiger partial charge in [0, 0.05) is 33.7 Å². The third-order valence-electron chi connectivity index (χ3n) is 5.83. The molecule has 9 nitrogen and oxygen atoms in total. The Balaban J connectivity index is 2.15. The summed E-state index contributed by atoms with van der Waals surface area (Å²) in [6.45, 7) is 10.5. The first-order chi connectivity index (χ1) is 18.1. The minimum atomic E-state index is -4.52. The lowest BCUT2D eigenvalue weighted by Crippen LogP contribution is -2.24. The van der Waals surface area contributed by atoms with Crippen LogP contribution < -0.4 is 9.47 Å². The average molecular weight is 543 g/mol. The molecule has 0 aliphatic rings. The van der Waals surface area contributed by atoms with Crippen LogP contribution >= 0.6 is 0 Å². The number of hydrogen-bond acceptors (Lipinski definition) is 8. The summed E-state index contributed by atoms with van der Waals surface area (Å²) in [4.78, 5) is 23.1. The molecule has 10 heteroatoms. The minimum Gasteiger partial charge on any atom is -0.488 e. The summed E-state index contributed by atoms with van der Waals surface area (Å²) in [7, 11) is -4.52. The highest BCUT2D eigenvalue weighted by atomic mass is 32.2. The molecule has 0 saturated heterocycles. The lowest BCUT2D eigenvalue weighted by atomic mass is 10.0. The second-order valence-corrected chi connectivity index (χ2v) is 9.77. The van der Waals surface area contributed by atoms with Gasteiger partial charge >= 0.3 is 11.9 Å². The number of benzene rings is 3. The van der Waals surface area contributed by atoms with Crippen molar-refractivity contribution < 1.29 is 41.5 Å². The lowest BCUT2D eigenvalue weighted by molar-refractivity contribution is -0.145. The van der Waals surface area contributed by atoms with E-state index >= 15 is 0 Å². The van der Waals surface area contributed by atoms with Gasteiger partial charge in [0.15, 0.2) is 0 Å². The van der Waals surface area contributed by atoms with E-state index < -0.39 is 34.3 Å². The molecular weight excluding hydrogens is 512 g/mol. The van der Waals surface area contributed by atoms with E-state index in [-0.39, 0.29) is 18.1 Å². The Labute approximate surface area is 221 Å². The highest BCUT2D eigenvalue weighted by Gasteiger charge is 2.22. The van der Waals surface area contributed by atoms with Gasteiger partial charge in [-0.05, 0) is 31.0 Å². The van der Waals surface area contributed by atoms with Crippen LogP contribution in [0.15, 0.2) is 72.7 Å². The van der Waals surface area contributed by atoms with Gasteiger partial charge in [0.05, 0.1) is 4.90 Å². The van der Waals surface area contributed by atoms with Gasteiger partial charge in [-0.25, -0.2) is 9.59 Å². The zero-order valence-corrected chi connectivity index (χ0v) is 22.0. The van der Waals surface area contributed by atoms with Gasteiger partial charge in [-0.3, -0.25) is 4.55 Å². The number of carbonyl (C=O) groups excluding carboxylic acids is 2. The molecule has 0 saturated carbocycles. The standard InChI is InChI=1S/C28H30O9S/c1-5-18(36-25(29)7-3)16-34-27-21-11-9-10-12-22(21)28(35-17-19(6-2)37-26(30)8-4)24-15-20(38(31,32)33)13-14-23(24)27/h7-15,18-19H,3-6,16-17H2,1-2H3,(H,31,32,33). The lowest BCUT2D eigenvalue weighted by Gasteiger charge is -2.22. The summed E-state index contributed by atoms with van der Waals surface area (Å²) < 4.78 is 56.6. The molecule has 2 unspecified atom stereocenters. The van der Waals surface area contributed by atoms with E-state index in [0.717, 1.165) is 12.2 Å². The monoisotopic (exact) mass is 542 g/mol. The molecular formula is C28H30O9S. The Morgan fingerprint density at radius 3 is 1.68 bits per heavy atom. The molecule has 0 aromatic heterocycles. The van der Waals surface area contributed by atoms with Crippen LogP contribution in [-0.4, -0.2) is 50.3 Å². The van der Waals surface area contributed by atoms with E-state index in [1.165, 1.54) is 18.2 Å². The van der Waals surface area contributed by atoms with Crippen LogP contribution in [0.1, 0.15) is 26.7 Å². The molecule has 3 aromatic carbocycles. The molecule has 0 aliphatic heterocycles. The summed E-state index contributed by atoms with van der Waals surface area (Å²) in [5.41, 5.74) is 0. The maximum atomic E-state index is 11.9. The van der Waals surface area contributed by atoms with Crippen molar-refractivity contribution >= 4 is 43.6 Å². The molecule has 0 amide bonds. The minimum absolute atomic E-state index is 0.0130. The Morgan fingerprint density at radius 1 is 0.816 bits per heavy atom. The molecule has 0 aliphatic carbocycles. The fourth-order valence-electron chi connectivity index (χ4n) is 3.80. The summed E-state index contributed by atoms with van der Waals surface area (Å²) in [5.74, 6) is -0.413. The van der Waals surface area contributed by atoms with Crippen molar-refractivity contribution in [3.63, 3.8) is 0 Å². The van der Waals surface area contributed by atoms with Gasteiger partial charge < -0.3 is 18.9 Å².